The first-order valence-electron chi connectivity index (χ1n) is 24.7. The van der Waals surface area contributed by atoms with Gasteiger partial charge in [0.15, 0.2) is 23.8 Å². The van der Waals surface area contributed by atoms with Crippen molar-refractivity contribution in [1.29, 1.82) is 0 Å². The Kier molecular flexibility index (Phi) is 24.4. The summed E-state index contributed by atoms with van der Waals surface area (Å²) in [5, 5.41) is 18.1. The largest absolute Gasteiger partial charge is 0.508 e. The normalized spacial score (nSPS) is 18.8. The van der Waals surface area contributed by atoms with Crippen LogP contribution in [0.1, 0.15) is 119 Å². The number of benzene rings is 2. The molecule has 2 unspecified atom stereocenters. The number of rotatable bonds is 21. The van der Waals surface area contributed by atoms with Gasteiger partial charge in [0.2, 0.25) is 0 Å². The van der Waals surface area contributed by atoms with Crippen molar-refractivity contribution in [3.05, 3.63) is 189 Å². The minimum absolute atomic E-state index is 0.0286. The lowest BCUT2D eigenvalue weighted by atomic mass is 9.71. The molecular formula is C63H74O11. The Hall–Kier alpha value is -7.66. The Morgan fingerprint density at radius 1 is 0.608 bits per heavy atom. The van der Waals surface area contributed by atoms with Crippen molar-refractivity contribution >= 4 is 47.9 Å². The molecule has 2 aromatic carbocycles. The number of ether oxygens (including phenoxy) is 3. The van der Waals surface area contributed by atoms with Gasteiger partial charge in [-0.2, -0.15) is 0 Å². The molecule has 74 heavy (non-hydrogen) atoms. The third-order valence-electron chi connectivity index (χ3n) is 12.3. The monoisotopic (exact) mass is 1010 g/mol. The molecule has 2 N–H and O–H groups in total. The van der Waals surface area contributed by atoms with Gasteiger partial charge >= 0.3 is 17.9 Å². The zero-order chi connectivity index (χ0) is 55.0. The molecule has 0 saturated carbocycles. The number of phenols is 1. The maximum absolute atomic E-state index is 13.0. The predicted octanol–water partition coefficient (Wildman–Crippen LogP) is 13.4. The third-order valence-corrected chi connectivity index (χ3v) is 12.3. The van der Waals surface area contributed by atoms with Crippen molar-refractivity contribution in [2.75, 3.05) is 7.11 Å². The van der Waals surface area contributed by atoms with Crippen molar-refractivity contribution in [3.63, 3.8) is 0 Å². The van der Waals surface area contributed by atoms with Crippen molar-refractivity contribution in [3.8, 4) is 11.5 Å². The van der Waals surface area contributed by atoms with Crippen molar-refractivity contribution in [2.45, 2.75) is 120 Å². The first-order valence-corrected chi connectivity index (χ1v) is 24.7. The topological polar surface area (TPSA) is 171 Å². The number of Topliss-reactive ketones (excluding diaryl/α,β-unsaturated/α-hetero) is 2. The number of carboxylic acids is 1. The number of allylic oxidation sites excluding steroid dienone is 20. The first kappa shape index (κ1) is 60.6. The molecule has 11 heteroatoms. The molecule has 2 aromatic rings. The van der Waals surface area contributed by atoms with Crippen LogP contribution in [0.4, 0.5) is 0 Å². The van der Waals surface area contributed by atoms with Crippen LogP contribution in [-0.4, -0.2) is 65.3 Å². The van der Waals surface area contributed by atoms with Crippen LogP contribution in [-0.2, 0) is 38.2 Å². The first-order chi connectivity index (χ1) is 35.0. The Morgan fingerprint density at radius 3 is 1.50 bits per heavy atom. The number of esters is 2. The SMILES string of the molecule is CC1=C(/C=C/C(C)=C/C=C/C(C)=C/C=C/C=C(C)/C=C/C=C(C)/C=C/C2=C(C)C(=O)C(OC(=O)CCC(=O)O)CC2(C)C)C(C)(C)CC(OC(=O)CCC=O)C1=O.COc1ccc(/C=C/c2cccc(O)c2)cc1. The summed E-state index contributed by atoms with van der Waals surface area (Å²) in [5.41, 5.74) is 8.29. The van der Waals surface area contributed by atoms with Gasteiger partial charge < -0.3 is 29.2 Å². The maximum atomic E-state index is 13.0. The highest BCUT2D eigenvalue weighted by molar-refractivity contribution is 6.02. The molecule has 4 rings (SSSR count). The average Bonchev–Trinajstić information content (AvgIpc) is 3.34. The Bertz CT molecular complexity index is 2730. The number of aldehydes is 1. The third kappa shape index (κ3) is 20.8. The van der Waals surface area contributed by atoms with Gasteiger partial charge in [0.25, 0.3) is 0 Å². The van der Waals surface area contributed by atoms with E-state index in [-0.39, 0.29) is 48.4 Å². The van der Waals surface area contributed by atoms with E-state index in [0.29, 0.717) is 30.3 Å². The summed E-state index contributed by atoms with van der Waals surface area (Å²) in [4.78, 5) is 71.4. The fourth-order valence-corrected chi connectivity index (χ4v) is 8.11. The molecule has 0 aliphatic heterocycles. The number of carbonyl (C=O) groups is 6. The summed E-state index contributed by atoms with van der Waals surface area (Å²) < 4.78 is 15.9. The molecule has 2 aliphatic carbocycles. The second-order valence-electron chi connectivity index (χ2n) is 19.7. The number of methoxy groups -OCH3 is 1. The molecule has 2 atom stereocenters. The lowest BCUT2D eigenvalue weighted by Gasteiger charge is -2.36. The van der Waals surface area contributed by atoms with Crippen LogP contribution >= 0.6 is 0 Å². The number of carbonyl (C=O) groups excluding carboxylic acids is 5. The van der Waals surface area contributed by atoms with Gasteiger partial charge in [0.1, 0.15) is 17.8 Å². The van der Waals surface area contributed by atoms with E-state index in [1.54, 1.807) is 33.1 Å². The molecule has 0 saturated heterocycles. The van der Waals surface area contributed by atoms with Crippen LogP contribution in [0.25, 0.3) is 12.2 Å². The highest BCUT2D eigenvalue weighted by Crippen LogP contribution is 2.42. The molecule has 0 fully saturated rings. The van der Waals surface area contributed by atoms with Gasteiger partial charge in [-0.1, -0.05) is 171 Å². The van der Waals surface area contributed by atoms with E-state index in [4.69, 9.17) is 19.3 Å². The lowest BCUT2D eigenvalue weighted by Crippen LogP contribution is -2.39. The minimum atomic E-state index is -1.09. The summed E-state index contributed by atoms with van der Waals surface area (Å²) in [6.07, 6.45) is 30.8. The van der Waals surface area contributed by atoms with Crippen molar-refractivity contribution in [2.24, 2.45) is 10.8 Å². The molecule has 11 nitrogen and oxygen atoms in total. The number of aromatic hydroxyl groups is 1. The van der Waals surface area contributed by atoms with E-state index in [1.165, 1.54) is 0 Å². The van der Waals surface area contributed by atoms with E-state index < -0.39 is 35.5 Å². The molecule has 0 radical (unpaired) electrons. The molecule has 0 bridgehead atoms. The fraction of sp³-hybridized carbons (Fsp3) is 0.333. The number of phenolic OH excluding ortho intramolecular Hbond substituents is 1. The summed E-state index contributed by atoms with van der Waals surface area (Å²) in [5.74, 6) is -1.64. The van der Waals surface area contributed by atoms with E-state index in [0.717, 1.165) is 50.3 Å². The van der Waals surface area contributed by atoms with Gasteiger partial charge in [0.05, 0.1) is 26.4 Å². The van der Waals surface area contributed by atoms with E-state index in [1.807, 2.05) is 189 Å². The van der Waals surface area contributed by atoms with E-state index in [9.17, 15) is 33.9 Å². The fourth-order valence-electron chi connectivity index (χ4n) is 8.11. The van der Waals surface area contributed by atoms with Gasteiger partial charge in [-0.15, -0.1) is 0 Å². The predicted molar refractivity (Wildman–Crippen MR) is 295 cm³/mol. The standard InChI is InChI=1S/C48H60O9.C15H14O2/c1-32(18-13-20-34(3)23-25-38-36(5)45(54)40(30-47(38,7)8)56-43(52)22-15-29-49)16-11-12-17-33(2)19-14-21-35(4)24-26-39-37(6)46(55)41(31-48(39,9)10)57-44(53)28-27-42(50)51;1-17-15-9-7-12(8-10-15)5-6-13-3-2-4-14(16)11-13/h11-14,16-21,23-26,29,40-41H,15,22,27-28,30-31H2,1-10H3,(H,50,51);2-11,16H,1H3/b12-11+,18-13+,19-14+,25-23+,26-24+,32-16+,33-17+,34-20+,35-21+;6-5+. The summed E-state index contributed by atoms with van der Waals surface area (Å²) in [6.45, 7) is 19.5. The number of hydrogen-bond donors (Lipinski definition) is 2. The van der Waals surface area contributed by atoms with Crippen LogP contribution in [0.15, 0.2) is 178 Å². The van der Waals surface area contributed by atoms with Gasteiger partial charge in [-0.05, 0) is 110 Å². The summed E-state index contributed by atoms with van der Waals surface area (Å²) in [6, 6.07) is 15.0. The molecule has 0 heterocycles. The molecule has 2 aliphatic rings. The Labute approximate surface area is 438 Å². The van der Waals surface area contributed by atoms with Gasteiger partial charge in [-0.3, -0.25) is 24.0 Å². The Balaban J connectivity index is 0.000000708. The highest BCUT2D eigenvalue weighted by Gasteiger charge is 2.41. The highest BCUT2D eigenvalue weighted by atomic mass is 16.6. The second-order valence-corrected chi connectivity index (χ2v) is 19.7. The number of ketones is 2. The molecule has 0 spiro atoms. The second kappa shape index (κ2) is 29.8. The van der Waals surface area contributed by atoms with Crippen LogP contribution < -0.4 is 4.74 Å². The van der Waals surface area contributed by atoms with Crippen LogP contribution in [0.2, 0.25) is 0 Å². The number of hydrogen-bond acceptors (Lipinski definition) is 10. The molecular weight excluding hydrogens is 933 g/mol. The van der Waals surface area contributed by atoms with Crippen LogP contribution in [0.5, 0.6) is 11.5 Å². The van der Waals surface area contributed by atoms with Gasteiger partial charge in [-0.25, -0.2) is 0 Å². The maximum Gasteiger partial charge on any atom is 0.307 e. The van der Waals surface area contributed by atoms with Crippen LogP contribution in [0, 0.1) is 10.8 Å². The van der Waals surface area contributed by atoms with E-state index >= 15 is 0 Å². The Morgan fingerprint density at radius 2 is 1.05 bits per heavy atom. The summed E-state index contributed by atoms with van der Waals surface area (Å²) in [7, 11) is 1.65. The molecule has 392 valence electrons. The van der Waals surface area contributed by atoms with Crippen molar-refractivity contribution in [1.82, 2.24) is 0 Å². The zero-order valence-corrected chi connectivity index (χ0v) is 44.9. The van der Waals surface area contributed by atoms with Crippen LogP contribution in [0.3, 0.4) is 0 Å². The lowest BCUT2D eigenvalue weighted by molar-refractivity contribution is -0.157. The number of aliphatic carboxylic acids is 1. The quantitative estimate of drug-likeness (QED) is 0.0528. The molecule has 0 aromatic heterocycles. The average molecular weight is 1010 g/mol. The minimum Gasteiger partial charge on any atom is -0.508 e. The van der Waals surface area contributed by atoms with E-state index in [2.05, 4.69) is 0 Å². The summed E-state index contributed by atoms with van der Waals surface area (Å²) >= 11 is 0. The zero-order valence-electron chi connectivity index (χ0n) is 44.9. The smallest absolute Gasteiger partial charge is 0.307 e. The number of carboxylic acid groups (broad SMARTS) is 1. The van der Waals surface area contributed by atoms with Gasteiger partial charge in [0, 0.05) is 19.3 Å². The van der Waals surface area contributed by atoms with Crippen molar-refractivity contribution < 1.29 is 53.2 Å². The molecule has 0 amide bonds.